The predicted octanol–water partition coefficient (Wildman–Crippen LogP) is 2.26. The second-order valence-corrected chi connectivity index (χ2v) is 6.99. The molecule has 1 aliphatic heterocycles. The molecule has 0 radical (unpaired) electrons. The first-order valence-electron chi connectivity index (χ1n) is 7.72. The zero-order chi connectivity index (χ0) is 17.4. The monoisotopic (exact) mass is 324 g/mol. The van der Waals surface area contributed by atoms with Crippen LogP contribution in [-0.4, -0.2) is 46.4 Å². The maximum atomic E-state index is 12.2. The van der Waals surface area contributed by atoms with Gasteiger partial charge in [-0.1, -0.05) is 6.92 Å². The van der Waals surface area contributed by atoms with E-state index in [9.17, 15) is 14.7 Å². The Hall–Kier alpha value is -2.05. The summed E-state index contributed by atoms with van der Waals surface area (Å²) in [6, 6.07) is -0.358. The van der Waals surface area contributed by atoms with E-state index in [0.717, 1.165) is 0 Å². The first kappa shape index (κ1) is 17.3. The van der Waals surface area contributed by atoms with E-state index in [1.54, 1.807) is 33.8 Å². The molecule has 0 spiro atoms. The highest BCUT2D eigenvalue weighted by Crippen LogP contribution is 2.38. The van der Waals surface area contributed by atoms with E-state index in [1.807, 2.05) is 6.92 Å². The standard InChI is InChI=1S/C16H24N2O5/c1-6-16(18-14(21)23-15(3,4)5)8-10(13(19)20)7-11-12(16)17-9(2)22-11/h7,11-12H,6,8H2,1-5H3,(H,18,21)(H,19,20)/t11-,12-,16-/m0/s1. The minimum Gasteiger partial charge on any atom is -0.478 e. The number of aliphatic carboxylic acids is 1. The van der Waals surface area contributed by atoms with Crippen LogP contribution in [0.4, 0.5) is 4.79 Å². The van der Waals surface area contributed by atoms with E-state index in [1.165, 1.54) is 0 Å². The van der Waals surface area contributed by atoms with Gasteiger partial charge in [-0.25, -0.2) is 14.6 Å². The topological polar surface area (TPSA) is 97.2 Å². The number of carbonyl (C=O) groups is 2. The SMILES string of the molecule is CC[C@]1(NC(=O)OC(C)(C)C)CC(C(=O)O)=C[C@@H]2OC(C)=N[C@@H]21. The fourth-order valence-electron chi connectivity index (χ4n) is 3.02. The molecule has 1 aliphatic carbocycles. The highest BCUT2D eigenvalue weighted by Gasteiger charge is 2.51. The van der Waals surface area contributed by atoms with Crippen molar-refractivity contribution in [2.24, 2.45) is 4.99 Å². The smallest absolute Gasteiger partial charge is 0.408 e. The number of amides is 1. The molecule has 0 unspecified atom stereocenters. The van der Waals surface area contributed by atoms with Gasteiger partial charge in [-0.2, -0.15) is 0 Å². The van der Waals surface area contributed by atoms with Crippen molar-refractivity contribution in [3.8, 4) is 0 Å². The number of fused-ring (bicyclic) bond motifs is 1. The normalized spacial score (nSPS) is 29.8. The summed E-state index contributed by atoms with van der Waals surface area (Å²) in [5, 5.41) is 12.2. The molecule has 0 bridgehead atoms. The Morgan fingerprint density at radius 3 is 2.70 bits per heavy atom. The molecular weight excluding hydrogens is 300 g/mol. The number of rotatable bonds is 3. The summed E-state index contributed by atoms with van der Waals surface area (Å²) in [5.74, 6) is -0.521. The molecule has 0 aromatic heterocycles. The molecule has 0 aromatic rings. The van der Waals surface area contributed by atoms with Crippen molar-refractivity contribution in [1.82, 2.24) is 5.32 Å². The molecule has 1 amide bonds. The summed E-state index contributed by atoms with van der Waals surface area (Å²) >= 11 is 0. The van der Waals surface area contributed by atoms with Crippen LogP contribution in [0.5, 0.6) is 0 Å². The quantitative estimate of drug-likeness (QED) is 0.830. The third-order valence-electron chi connectivity index (χ3n) is 4.03. The number of hydrogen-bond donors (Lipinski definition) is 2. The van der Waals surface area contributed by atoms with Gasteiger partial charge in [-0.05, 0) is 33.3 Å². The van der Waals surface area contributed by atoms with Crippen LogP contribution >= 0.6 is 0 Å². The minimum absolute atomic E-state index is 0.180. The molecule has 1 heterocycles. The number of carboxylic acid groups (broad SMARTS) is 1. The molecule has 7 nitrogen and oxygen atoms in total. The van der Waals surface area contributed by atoms with Gasteiger partial charge >= 0.3 is 12.1 Å². The molecular formula is C16H24N2O5. The van der Waals surface area contributed by atoms with Crippen LogP contribution in [0.1, 0.15) is 47.5 Å². The summed E-state index contributed by atoms with van der Waals surface area (Å²) < 4.78 is 10.9. The Morgan fingerprint density at radius 1 is 1.52 bits per heavy atom. The number of ether oxygens (including phenoxy) is 2. The molecule has 0 fully saturated rings. The lowest BCUT2D eigenvalue weighted by molar-refractivity contribution is -0.133. The maximum absolute atomic E-state index is 12.2. The molecule has 0 saturated heterocycles. The van der Waals surface area contributed by atoms with E-state index >= 15 is 0 Å². The number of carboxylic acids is 1. The number of nitrogens with zero attached hydrogens (tertiary/aromatic N) is 1. The molecule has 0 aromatic carbocycles. The van der Waals surface area contributed by atoms with Crippen molar-refractivity contribution >= 4 is 18.0 Å². The van der Waals surface area contributed by atoms with Crippen LogP contribution in [-0.2, 0) is 14.3 Å². The van der Waals surface area contributed by atoms with E-state index in [2.05, 4.69) is 10.3 Å². The number of carbonyl (C=O) groups excluding carboxylic acids is 1. The van der Waals surface area contributed by atoms with Crippen LogP contribution in [0.25, 0.3) is 0 Å². The van der Waals surface area contributed by atoms with Gasteiger partial charge in [0.25, 0.3) is 0 Å². The molecule has 7 heteroatoms. The lowest BCUT2D eigenvalue weighted by Crippen LogP contribution is -2.61. The second-order valence-electron chi connectivity index (χ2n) is 6.99. The fraction of sp³-hybridized carbons (Fsp3) is 0.688. The highest BCUT2D eigenvalue weighted by molar-refractivity contribution is 5.88. The number of nitrogens with one attached hydrogen (secondary N) is 1. The molecule has 128 valence electrons. The number of aliphatic imine (C=N–C) groups is 1. The van der Waals surface area contributed by atoms with Crippen molar-refractivity contribution in [2.75, 3.05) is 0 Å². The molecule has 2 aliphatic rings. The zero-order valence-corrected chi connectivity index (χ0v) is 14.2. The van der Waals surface area contributed by atoms with Gasteiger partial charge in [0.2, 0.25) is 0 Å². The van der Waals surface area contributed by atoms with E-state index in [0.29, 0.717) is 12.3 Å². The van der Waals surface area contributed by atoms with Crippen molar-refractivity contribution in [3.63, 3.8) is 0 Å². The Labute approximate surface area is 135 Å². The van der Waals surface area contributed by atoms with Gasteiger partial charge in [-0.15, -0.1) is 0 Å². The zero-order valence-electron chi connectivity index (χ0n) is 14.2. The van der Waals surface area contributed by atoms with Crippen LogP contribution in [0.3, 0.4) is 0 Å². The van der Waals surface area contributed by atoms with Crippen LogP contribution < -0.4 is 5.32 Å². The summed E-state index contributed by atoms with van der Waals surface area (Å²) in [5.41, 5.74) is -1.26. The van der Waals surface area contributed by atoms with Crippen LogP contribution in [0, 0.1) is 0 Å². The van der Waals surface area contributed by atoms with Gasteiger partial charge in [-0.3, -0.25) is 0 Å². The van der Waals surface area contributed by atoms with Crippen molar-refractivity contribution in [1.29, 1.82) is 0 Å². The van der Waals surface area contributed by atoms with E-state index in [4.69, 9.17) is 9.47 Å². The van der Waals surface area contributed by atoms with Crippen molar-refractivity contribution < 1.29 is 24.2 Å². The van der Waals surface area contributed by atoms with Gasteiger partial charge in [0, 0.05) is 18.9 Å². The average molecular weight is 324 g/mol. The number of alkyl carbamates (subject to hydrolysis) is 1. The third kappa shape index (κ3) is 3.65. The van der Waals surface area contributed by atoms with Crippen LogP contribution in [0.15, 0.2) is 16.6 Å². The predicted molar refractivity (Wildman–Crippen MR) is 84.5 cm³/mol. The van der Waals surface area contributed by atoms with E-state index in [-0.39, 0.29) is 18.0 Å². The van der Waals surface area contributed by atoms with Gasteiger partial charge in [0.05, 0.1) is 5.54 Å². The van der Waals surface area contributed by atoms with Crippen LogP contribution in [0.2, 0.25) is 0 Å². The largest absolute Gasteiger partial charge is 0.478 e. The number of hydrogen-bond acceptors (Lipinski definition) is 5. The summed E-state index contributed by atoms with van der Waals surface area (Å²) in [6.45, 7) is 8.94. The van der Waals surface area contributed by atoms with Gasteiger partial charge < -0.3 is 19.9 Å². The van der Waals surface area contributed by atoms with E-state index < -0.39 is 29.3 Å². The Bertz CT molecular complexity index is 576. The minimum atomic E-state index is -1.01. The molecule has 3 atom stereocenters. The van der Waals surface area contributed by atoms with Crippen molar-refractivity contribution in [2.45, 2.75) is 70.7 Å². The third-order valence-corrected chi connectivity index (χ3v) is 4.03. The molecule has 2 rings (SSSR count). The average Bonchev–Trinajstić information content (AvgIpc) is 2.77. The Morgan fingerprint density at radius 2 is 2.17 bits per heavy atom. The Balaban J connectivity index is 2.32. The summed E-state index contributed by atoms with van der Waals surface area (Å²) in [4.78, 5) is 28.2. The lowest BCUT2D eigenvalue weighted by atomic mass is 9.74. The van der Waals surface area contributed by atoms with Gasteiger partial charge in [0.15, 0.2) is 5.90 Å². The highest BCUT2D eigenvalue weighted by atomic mass is 16.6. The molecule has 23 heavy (non-hydrogen) atoms. The summed E-state index contributed by atoms with van der Waals surface area (Å²) in [6.07, 6.45) is 1.21. The first-order valence-corrected chi connectivity index (χ1v) is 7.72. The van der Waals surface area contributed by atoms with Gasteiger partial charge in [0.1, 0.15) is 17.7 Å². The molecule has 0 saturated carbocycles. The second kappa shape index (κ2) is 5.86. The Kier molecular flexibility index (Phi) is 4.41. The lowest BCUT2D eigenvalue weighted by Gasteiger charge is -2.42. The first-order chi connectivity index (χ1) is 10.6. The summed E-state index contributed by atoms with van der Waals surface area (Å²) in [7, 11) is 0. The molecule has 2 N–H and O–H groups in total. The maximum Gasteiger partial charge on any atom is 0.408 e. The van der Waals surface area contributed by atoms with Crippen molar-refractivity contribution in [3.05, 3.63) is 11.6 Å². The fourth-order valence-corrected chi connectivity index (χ4v) is 3.02.